The van der Waals surface area contributed by atoms with Crippen LogP contribution in [0.15, 0.2) is 30.3 Å². The van der Waals surface area contributed by atoms with Crippen molar-refractivity contribution >= 4 is 22.4 Å². The molecule has 1 saturated carbocycles. The van der Waals surface area contributed by atoms with Crippen LogP contribution in [0.3, 0.4) is 0 Å². The van der Waals surface area contributed by atoms with Crippen LogP contribution in [0.25, 0.3) is 0 Å². The second-order valence-corrected chi connectivity index (χ2v) is 7.52. The first kappa shape index (κ1) is 17.0. The summed E-state index contributed by atoms with van der Waals surface area (Å²) < 4.78 is 0. The molecule has 4 nitrogen and oxygen atoms in total. The zero-order chi connectivity index (χ0) is 16.9. The topological polar surface area (TPSA) is 54.0 Å². The van der Waals surface area contributed by atoms with Crippen molar-refractivity contribution in [2.24, 2.45) is 0 Å². The average Bonchev–Trinajstić information content (AvgIpc) is 2.97. The summed E-state index contributed by atoms with van der Waals surface area (Å²) in [5, 5.41) is 7.46. The summed E-state index contributed by atoms with van der Waals surface area (Å²) >= 11 is 1.46. The predicted molar refractivity (Wildman–Crippen MR) is 99.7 cm³/mol. The number of nitrogens with zero attached hydrogens (tertiary/aromatic N) is 1. The van der Waals surface area contributed by atoms with Crippen LogP contribution >= 0.6 is 11.3 Å². The van der Waals surface area contributed by atoms with Crippen LogP contribution in [0.5, 0.6) is 0 Å². The highest BCUT2D eigenvalue weighted by Crippen LogP contribution is 2.27. The van der Waals surface area contributed by atoms with Crippen LogP contribution in [-0.4, -0.2) is 16.9 Å². The number of aryl methyl sites for hydroxylation is 1. The number of nitrogens with one attached hydrogen (secondary N) is 2. The van der Waals surface area contributed by atoms with Gasteiger partial charge >= 0.3 is 0 Å². The second-order valence-electron chi connectivity index (χ2n) is 6.52. The van der Waals surface area contributed by atoms with Gasteiger partial charge in [0.15, 0.2) is 5.13 Å². The van der Waals surface area contributed by atoms with Gasteiger partial charge in [-0.25, -0.2) is 4.98 Å². The average molecular weight is 343 g/mol. The Morgan fingerprint density at radius 1 is 1.21 bits per heavy atom. The molecule has 1 fully saturated rings. The summed E-state index contributed by atoms with van der Waals surface area (Å²) in [5.41, 5.74) is 1.91. The molecule has 24 heavy (non-hydrogen) atoms. The van der Waals surface area contributed by atoms with Crippen molar-refractivity contribution in [3.8, 4) is 0 Å². The Labute approximate surface area is 147 Å². The highest BCUT2D eigenvalue weighted by atomic mass is 32.1. The van der Waals surface area contributed by atoms with E-state index in [1.165, 1.54) is 43.4 Å². The Morgan fingerprint density at radius 3 is 2.62 bits per heavy atom. The van der Waals surface area contributed by atoms with Crippen molar-refractivity contribution in [3.05, 3.63) is 46.5 Å². The van der Waals surface area contributed by atoms with E-state index in [0.717, 1.165) is 16.4 Å². The molecule has 1 atom stereocenters. The molecule has 5 heteroatoms. The quantitative estimate of drug-likeness (QED) is 0.828. The fourth-order valence-corrected chi connectivity index (χ4v) is 4.12. The van der Waals surface area contributed by atoms with Crippen LogP contribution < -0.4 is 10.6 Å². The SMILES string of the molecule is Cc1nc(NC2CCCCC2)sc1C(=O)NC(C)c1ccccc1. The monoisotopic (exact) mass is 343 g/mol. The van der Waals surface area contributed by atoms with Crippen molar-refractivity contribution in [3.63, 3.8) is 0 Å². The lowest BCUT2D eigenvalue weighted by Gasteiger charge is -2.22. The summed E-state index contributed by atoms with van der Waals surface area (Å²) in [5.74, 6) is -0.0435. The molecule has 1 aliphatic rings. The smallest absolute Gasteiger partial charge is 0.263 e. The van der Waals surface area contributed by atoms with Gasteiger partial charge < -0.3 is 10.6 Å². The van der Waals surface area contributed by atoms with E-state index >= 15 is 0 Å². The van der Waals surface area contributed by atoms with Gasteiger partial charge in [-0.15, -0.1) is 0 Å². The van der Waals surface area contributed by atoms with Gasteiger partial charge in [0.1, 0.15) is 4.88 Å². The molecule has 1 amide bonds. The van der Waals surface area contributed by atoms with Crippen molar-refractivity contribution in [2.75, 3.05) is 5.32 Å². The maximum atomic E-state index is 12.6. The number of carbonyl (C=O) groups is 1. The van der Waals surface area contributed by atoms with Crippen LogP contribution in [0.4, 0.5) is 5.13 Å². The van der Waals surface area contributed by atoms with E-state index < -0.39 is 0 Å². The minimum absolute atomic E-state index is 0.0186. The van der Waals surface area contributed by atoms with Gasteiger partial charge in [-0.05, 0) is 32.3 Å². The number of hydrogen-bond donors (Lipinski definition) is 2. The molecule has 0 radical (unpaired) electrons. The first-order valence-electron chi connectivity index (χ1n) is 8.73. The van der Waals surface area contributed by atoms with Gasteiger partial charge in [0.05, 0.1) is 11.7 Å². The van der Waals surface area contributed by atoms with Gasteiger partial charge in [-0.2, -0.15) is 0 Å². The lowest BCUT2D eigenvalue weighted by Crippen LogP contribution is -2.26. The Balaban J connectivity index is 1.64. The molecule has 128 valence electrons. The number of carbonyl (C=O) groups excluding carboxylic acids is 1. The van der Waals surface area contributed by atoms with Crippen molar-refractivity contribution in [1.82, 2.24) is 10.3 Å². The van der Waals surface area contributed by atoms with E-state index in [1.54, 1.807) is 0 Å². The van der Waals surface area contributed by atoms with Crippen LogP contribution in [0, 0.1) is 6.92 Å². The lowest BCUT2D eigenvalue weighted by molar-refractivity contribution is 0.0943. The summed E-state index contributed by atoms with van der Waals surface area (Å²) in [7, 11) is 0. The summed E-state index contributed by atoms with van der Waals surface area (Å²) in [4.78, 5) is 17.8. The Kier molecular flexibility index (Phi) is 5.51. The predicted octanol–water partition coefficient (Wildman–Crippen LogP) is 4.69. The van der Waals surface area contributed by atoms with E-state index in [0.29, 0.717) is 10.9 Å². The maximum absolute atomic E-state index is 12.6. The van der Waals surface area contributed by atoms with Gasteiger partial charge in [-0.1, -0.05) is 60.9 Å². The molecule has 0 bridgehead atoms. The van der Waals surface area contributed by atoms with Gasteiger partial charge in [0.25, 0.3) is 5.91 Å². The first-order chi connectivity index (χ1) is 11.6. The Morgan fingerprint density at radius 2 is 1.92 bits per heavy atom. The summed E-state index contributed by atoms with van der Waals surface area (Å²) in [6, 6.07) is 10.5. The fourth-order valence-electron chi connectivity index (χ4n) is 3.18. The normalized spacial score (nSPS) is 16.6. The molecule has 2 N–H and O–H groups in total. The Bertz CT molecular complexity index is 677. The molecule has 3 rings (SSSR count). The van der Waals surface area contributed by atoms with E-state index in [4.69, 9.17) is 0 Å². The van der Waals surface area contributed by atoms with E-state index in [-0.39, 0.29) is 11.9 Å². The standard InChI is InChI=1S/C19H25N3OS/c1-13(15-9-5-3-6-10-15)20-18(23)17-14(2)21-19(24-17)22-16-11-7-4-8-12-16/h3,5-6,9-10,13,16H,4,7-8,11-12H2,1-2H3,(H,20,23)(H,21,22). The zero-order valence-electron chi connectivity index (χ0n) is 14.3. The third kappa shape index (κ3) is 4.15. The van der Waals surface area contributed by atoms with Crippen LogP contribution in [-0.2, 0) is 0 Å². The van der Waals surface area contributed by atoms with Crippen molar-refractivity contribution in [1.29, 1.82) is 0 Å². The van der Waals surface area contributed by atoms with Crippen molar-refractivity contribution < 1.29 is 4.79 Å². The molecule has 1 aliphatic carbocycles. The fraction of sp³-hybridized carbons (Fsp3) is 0.474. The molecule has 0 aliphatic heterocycles. The molecule has 1 aromatic carbocycles. The molecule has 1 aromatic heterocycles. The third-order valence-electron chi connectivity index (χ3n) is 4.58. The first-order valence-corrected chi connectivity index (χ1v) is 9.55. The number of anilines is 1. The van der Waals surface area contributed by atoms with Crippen LogP contribution in [0.2, 0.25) is 0 Å². The zero-order valence-corrected chi connectivity index (χ0v) is 15.2. The number of aromatic nitrogens is 1. The molecule has 0 saturated heterocycles. The number of amides is 1. The number of rotatable bonds is 5. The van der Waals surface area contributed by atoms with E-state index in [9.17, 15) is 4.79 Å². The van der Waals surface area contributed by atoms with E-state index in [1.807, 2.05) is 44.2 Å². The molecule has 1 heterocycles. The van der Waals surface area contributed by atoms with Crippen LogP contribution in [0.1, 0.15) is 66.0 Å². The van der Waals surface area contributed by atoms with Crippen molar-refractivity contribution in [2.45, 2.75) is 58.0 Å². The van der Waals surface area contributed by atoms with Gasteiger partial charge in [0, 0.05) is 6.04 Å². The molecule has 0 spiro atoms. The highest BCUT2D eigenvalue weighted by molar-refractivity contribution is 7.17. The third-order valence-corrected chi connectivity index (χ3v) is 5.67. The lowest BCUT2D eigenvalue weighted by atomic mass is 9.96. The molecule has 1 unspecified atom stereocenters. The molecule has 2 aromatic rings. The highest BCUT2D eigenvalue weighted by Gasteiger charge is 2.20. The number of hydrogen-bond acceptors (Lipinski definition) is 4. The minimum atomic E-state index is -0.0435. The maximum Gasteiger partial charge on any atom is 0.263 e. The van der Waals surface area contributed by atoms with Gasteiger partial charge in [-0.3, -0.25) is 4.79 Å². The summed E-state index contributed by atoms with van der Waals surface area (Å²) in [6.07, 6.45) is 6.30. The van der Waals surface area contributed by atoms with E-state index in [2.05, 4.69) is 15.6 Å². The number of thiazole rings is 1. The summed E-state index contributed by atoms with van der Waals surface area (Å²) in [6.45, 7) is 3.91. The molecular weight excluding hydrogens is 318 g/mol. The molecular formula is C19H25N3OS. The Hall–Kier alpha value is -1.88. The largest absolute Gasteiger partial charge is 0.359 e. The second kappa shape index (κ2) is 7.79. The minimum Gasteiger partial charge on any atom is -0.359 e. The van der Waals surface area contributed by atoms with Gasteiger partial charge in [0.2, 0.25) is 0 Å². The number of benzene rings is 1.